The zero-order valence-electron chi connectivity index (χ0n) is 16.2. The Bertz CT molecular complexity index is 969. The minimum atomic E-state index is -0.403. The van der Waals surface area contributed by atoms with Crippen LogP contribution >= 0.6 is 11.8 Å². The molecule has 0 aliphatic carbocycles. The van der Waals surface area contributed by atoms with Crippen molar-refractivity contribution in [3.63, 3.8) is 0 Å². The smallest absolute Gasteiger partial charge is 0.269 e. The first-order valence-corrected chi connectivity index (χ1v) is 10.2. The van der Waals surface area contributed by atoms with Crippen LogP contribution in [-0.2, 0) is 25.3 Å². The van der Waals surface area contributed by atoms with Crippen LogP contribution in [0.3, 0.4) is 0 Å². The predicted octanol–water partition coefficient (Wildman–Crippen LogP) is 4.81. The number of hydrogen-bond donors (Lipinski definition) is 0. The van der Waals surface area contributed by atoms with Gasteiger partial charge in [-0.25, -0.2) is 0 Å². The van der Waals surface area contributed by atoms with Crippen LogP contribution < -0.4 is 4.74 Å². The average molecular weight is 410 g/mol. The number of benzene rings is 2. The second-order valence-electron chi connectivity index (χ2n) is 6.30. The van der Waals surface area contributed by atoms with Gasteiger partial charge in [0.2, 0.25) is 0 Å². The van der Waals surface area contributed by atoms with Crippen molar-refractivity contribution in [3.8, 4) is 5.75 Å². The fourth-order valence-electron chi connectivity index (χ4n) is 2.68. The van der Waals surface area contributed by atoms with Gasteiger partial charge in [-0.15, -0.1) is 16.8 Å². The van der Waals surface area contributed by atoms with Crippen LogP contribution in [0, 0.1) is 10.1 Å². The molecule has 3 aromatic rings. The van der Waals surface area contributed by atoms with Crippen LogP contribution in [0.4, 0.5) is 5.69 Å². The molecule has 0 saturated carbocycles. The van der Waals surface area contributed by atoms with Gasteiger partial charge in [-0.3, -0.25) is 14.7 Å². The van der Waals surface area contributed by atoms with Gasteiger partial charge in [0.1, 0.15) is 12.4 Å². The maximum Gasteiger partial charge on any atom is 0.269 e. The number of aromatic nitrogens is 3. The Kier molecular flexibility index (Phi) is 7.02. The summed E-state index contributed by atoms with van der Waals surface area (Å²) in [4.78, 5) is 10.4. The van der Waals surface area contributed by atoms with E-state index in [2.05, 4.69) is 35.8 Å². The fourth-order valence-corrected chi connectivity index (χ4v) is 3.60. The molecule has 0 saturated heterocycles. The molecule has 1 heterocycles. The van der Waals surface area contributed by atoms with Gasteiger partial charge >= 0.3 is 0 Å². The Morgan fingerprint density at radius 1 is 1.14 bits per heavy atom. The second kappa shape index (κ2) is 9.88. The first-order chi connectivity index (χ1) is 14.1. The third-order valence-electron chi connectivity index (χ3n) is 4.32. The predicted molar refractivity (Wildman–Crippen MR) is 113 cm³/mol. The summed E-state index contributed by atoms with van der Waals surface area (Å²) in [5.41, 5.74) is 2.32. The molecule has 0 fully saturated rings. The van der Waals surface area contributed by atoms with Crippen LogP contribution in [-0.4, -0.2) is 19.7 Å². The van der Waals surface area contributed by atoms with Gasteiger partial charge < -0.3 is 4.74 Å². The Labute approximate surface area is 173 Å². The second-order valence-corrected chi connectivity index (χ2v) is 7.24. The number of hydrogen-bond acceptors (Lipinski definition) is 6. The van der Waals surface area contributed by atoms with E-state index in [4.69, 9.17) is 4.74 Å². The summed E-state index contributed by atoms with van der Waals surface area (Å²) in [5.74, 6) is 2.14. The molecule has 0 aliphatic rings. The van der Waals surface area contributed by atoms with Crippen molar-refractivity contribution in [2.75, 3.05) is 0 Å². The molecule has 2 aromatic carbocycles. The summed E-state index contributed by atoms with van der Waals surface area (Å²) >= 11 is 1.52. The number of non-ortho nitro benzene ring substituents is 1. The molecule has 0 aliphatic heterocycles. The molecule has 1 aromatic heterocycles. The van der Waals surface area contributed by atoms with Crippen molar-refractivity contribution < 1.29 is 9.66 Å². The number of rotatable bonds is 10. The van der Waals surface area contributed by atoms with E-state index in [1.165, 1.54) is 29.5 Å². The average Bonchev–Trinajstić information content (AvgIpc) is 3.13. The number of nitro benzene ring substituents is 1. The molecule has 0 unspecified atom stereocenters. The lowest BCUT2D eigenvalue weighted by atomic mass is 10.2. The number of nitro groups is 1. The summed E-state index contributed by atoms with van der Waals surface area (Å²) in [7, 11) is 0. The molecule has 0 bridgehead atoms. The van der Waals surface area contributed by atoms with Crippen molar-refractivity contribution in [3.05, 3.63) is 88.3 Å². The Hall–Kier alpha value is -3.13. The van der Waals surface area contributed by atoms with E-state index >= 15 is 0 Å². The van der Waals surface area contributed by atoms with Crippen LogP contribution in [0.1, 0.15) is 23.9 Å². The highest BCUT2D eigenvalue weighted by molar-refractivity contribution is 7.98. The maximum absolute atomic E-state index is 10.8. The van der Waals surface area contributed by atoms with Crippen molar-refractivity contribution in [1.29, 1.82) is 0 Å². The molecule has 0 N–H and O–H groups in total. The highest BCUT2D eigenvalue weighted by Gasteiger charge is 2.13. The molecule has 29 heavy (non-hydrogen) atoms. The first-order valence-electron chi connectivity index (χ1n) is 9.21. The molecular formula is C21H22N4O3S. The van der Waals surface area contributed by atoms with Crippen LogP contribution in [0.5, 0.6) is 5.75 Å². The number of nitrogens with zero attached hydrogens (tertiary/aromatic N) is 4. The zero-order valence-corrected chi connectivity index (χ0v) is 17.0. The van der Waals surface area contributed by atoms with E-state index in [9.17, 15) is 10.1 Å². The van der Waals surface area contributed by atoms with Gasteiger partial charge in [0.25, 0.3) is 5.69 Å². The third-order valence-corrected chi connectivity index (χ3v) is 5.36. The van der Waals surface area contributed by atoms with E-state index < -0.39 is 4.92 Å². The lowest BCUT2D eigenvalue weighted by molar-refractivity contribution is -0.384. The van der Waals surface area contributed by atoms with Gasteiger partial charge in [0.15, 0.2) is 11.0 Å². The first kappa shape index (κ1) is 20.6. The normalized spacial score (nSPS) is 10.7. The van der Waals surface area contributed by atoms with Crippen LogP contribution in [0.25, 0.3) is 0 Å². The van der Waals surface area contributed by atoms with E-state index in [0.717, 1.165) is 28.7 Å². The van der Waals surface area contributed by atoms with Crippen molar-refractivity contribution in [2.45, 2.75) is 37.4 Å². The molecule has 150 valence electrons. The molecule has 0 amide bonds. The van der Waals surface area contributed by atoms with Crippen LogP contribution in [0.2, 0.25) is 0 Å². The zero-order chi connectivity index (χ0) is 20.6. The van der Waals surface area contributed by atoms with E-state index in [-0.39, 0.29) is 5.69 Å². The van der Waals surface area contributed by atoms with E-state index in [1.54, 1.807) is 18.2 Å². The number of allylic oxidation sites excluding steroid dienone is 1. The summed E-state index contributed by atoms with van der Waals surface area (Å²) in [6, 6.07) is 14.5. The Morgan fingerprint density at radius 3 is 2.45 bits per heavy atom. The quantitative estimate of drug-likeness (QED) is 0.206. The number of aryl methyl sites for hydroxylation is 1. The maximum atomic E-state index is 10.8. The SMILES string of the molecule is C=CCn1c(COc2ccc(CC)cc2)nnc1SCc1ccc([N+](=O)[O-])cc1. The van der Waals surface area contributed by atoms with Gasteiger partial charge in [0.05, 0.1) is 4.92 Å². The monoisotopic (exact) mass is 410 g/mol. The lowest BCUT2D eigenvalue weighted by Gasteiger charge is -2.09. The van der Waals surface area contributed by atoms with Crippen molar-refractivity contribution in [1.82, 2.24) is 14.8 Å². The highest BCUT2D eigenvalue weighted by Crippen LogP contribution is 2.24. The van der Waals surface area contributed by atoms with Gasteiger partial charge in [-0.1, -0.05) is 49.0 Å². The largest absolute Gasteiger partial charge is 0.486 e. The summed E-state index contributed by atoms with van der Waals surface area (Å²) in [6.07, 6.45) is 2.78. The summed E-state index contributed by atoms with van der Waals surface area (Å²) in [5, 5.41) is 20.1. The standard InChI is InChI=1S/C21H22N4O3S/c1-3-13-24-20(14-28-19-11-7-16(4-2)8-12-19)22-23-21(24)29-15-17-5-9-18(10-6-17)25(26)27/h3,5-12H,1,4,13-15H2,2H3. The highest BCUT2D eigenvalue weighted by atomic mass is 32.2. The van der Waals surface area contributed by atoms with E-state index in [0.29, 0.717) is 18.9 Å². The van der Waals surface area contributed by atoms with Gasteiger partial charge in [-0.2, -0.15) is 0 Å². The van der Waals surface area contributed by atoms with E-state index in [1.807, 2.05) is 16.7 Å². The van der Waals surface area contributed by atoms with Gasteiger partial charge in [-0.05, 0) is 29.7 Å². The molecule has 7 nitrogen and oxygen atoms in total. The Morgan fingerprint density at radius 2 is 1.83 bits per heavy atom. The molecule has 0 radical (unpaired) electrons. The van der Waals surface area contributed by atoms with Crippen LogP contribution in [0.15, 0.2) is 66.3 Å². The van der Waals surface area contributed by atoms with Crippen molar-refractivity contribution >= 4 is 17.4 Å². The lowest BCUT2D eigenvalue weighted by Crippen LogP contribution is -2.07. The van der Waals surface area contributed by atoms with Crippen molar-refractivity contribution in [2.24, 2.45) is 0 Å². The fraction of sp³-hybridized carbons (Fsp3) is 0.238. The summed E-state index contributed by atoms with van der Waals surface area (Å²) < 4.78 is 7.82. The third kappa shape index (κ3) is 5.45. The topological polar surface area (TPSA) is 83.1 Å². The molecule has 0 spiro atoms. The van der Waals surface area contributed by atoms with Gasteiger partial charge in [0, 0.05) is 24.4 Å². The molecular weight excluding hydrogens is 388 g/mol. The molecule has 3 rings (SSSR count). The molecule has 0 atom stereocenters. The Balaban J connectivity index is 1.65. The summed E-state index contributed by atoms with van der Waals surface area (Å²) in [6.45, 7) is 6.81. The molecule has 8 heteroatoms. The minimum Gasteiger partial charge on any atom is -0.486 e. The number of ether oxygens (including phenoxy) is 1. The minimum absolute atomic E-state index is 0.0833. The number of thioether (sulfide) groups is 1.